The van der Waals surface area contributed by atoms with Gasteiger partial charge in [0, 0.05) is 12.1 Å². The lowest BCUT2D eigenvalue weighted by atomic mass is 10.2. The van der Waals surface area contributed by atoms with Crippen LogP contribution in [0.15, 0.2) is 0 Å². The fourth-order valence-corrected chi connectivity index (χ4v) is 1.42. The van der Waals surface area contributed by atoms with Gasteiger partial charge >= 0.3 is 0 Å². The Morgan fingerprint density at radius 2 is 1.14 bits per heavy atom. The molecule has 0 saturated heterocycles. The van der Waals surface area contributed by atoms with Crippen molar-refractivity contribution in [2.45, 2.75) is 25.9 Å². The van der Waals surface area contributed by atoms with E-state index in [9.17, 15) is 0 Å². The predicted molar refractivity (Wildman–Crippen MR) is 78.4 cm³/mol. The molecule has 0 aliphatic heterocycles. The molecule has 0 amide bonds. The number of rotatable bonds is 3. The SMILES string of the molecule is CC(NC(=S)S)C(C)NC(=S)S.N.N. The monoisotopic (exact) mass is 274 g/mol. The lowest BCUT2D eigenvalue weighted by Gasteiger charge is -2.22. The smallest absolute Gasteiger partial charge is 0.130 e. The van der Waals surface area contributed by atoms with Gasteiger partial charge in [-0.25, -0.2) is 0 Å². The van der Waals surface area contributed by atoms with Crippen molar-refractivity contribution in [1.29, 1.82) is 0 Å². The Morgan fingerprint density at radius 1 is 0.929 bits per heavy atom. The molecule has 0 aromatic carbocycles. The minimum Gasteiger partial charge on any atom is -0.367 e. The highest BCUT2D eigenvalue weighted by atomic mass is 32.1. The van der Waals surface area contributed by atoms with Crippen LogP contribution in [0.5, 0.6) is 0 Å². The van der Waals surface area contributed by atoms with E-state index in [1.165, 1.54) is 0 Å². The zero-order valence-electron chi connectivity index (χ0n) is 8.28. The van der Waals surface area contributed by atoms with Crippen LogP contribution < -0.4 is 22.9 Å². The van der Waals surface area contributed by atoms with Crippen LogP contribution >= 0.6 is 49.7 Å². The van der Waals surface area contributed by atoms with Gasteiger partial charge in [0.1, 0.15) is 8.64 Å². The van der Waals surface area contributed by atoms with E-state index in [4.69, 9.17) is 24.4 Å². The first kappa shape index (κ1) is 19.9. The predicted octanol–water partition coefficient (Wildman–Crippen LogP) is 1.70. The summed E-state index contributed by atoms with van der Waals surface area (Å²) in [7, 11) is 0. The van der Waals surface area contributed by atoms with Gasteiger partial charge in [-0.2, -0.15) is 0 Å². The summed E-state index contributed by atoms with van der Waals surface area (Å²) in [5.74, 6) is 0. The highest BCUT2D eigenvalue weighted by molar-refractivity contribution is 8.11. The third-order valence-electron chi connectivity index (χ3n) is 1.45. The van der Waals surface area contributed by atoms with Gasteiger partial charge in [0.25, 0.3) is 0 Å². The third-order valence-corrected chi connectivity index (χ3v) is 1.95. The topological polar surface area (TPSA) is 94.1 Å². The molecule has 8 heteroatoms. The Kier molecular flexibility index (Phi) is 14.1. The van der Waals surface area contributed by atoms with Gasteiger partial charge in [-0.1, -0.05) is 24.4 Å². The summed E-state index contributed by atoms with van der Waals surface area (Å²) in [6.07, 6.45) is 0. The summed E-state index contributed by atoms with van der Waals surface area (Å²) in [4.78, 5) is 0. The average molecular weight is 275 g/mol. The van der Waals surface area contributed by atoms with E-state index in [0.717, 1.165) is 0 Å². The van der Waals surface area contributed by atoms with Crippen molar-refractivity contribution in [3.05, 3.63) is 0 Å². The van der Waals surface area contributed by atoms with Crippen LogP contribution in [-0.2, 0) is 0 Å². The molecule has 0 aromatic heterocycles. The minimum atomic E-state index is 0. The quantitative estimate of drug-likeness (QED) is 0.346. The number of thiol groups is 2. The number of hydrogen-bond donors (Lipinski definition) is 6. The highest BCUT2D eigenvalue weighted by Crippen LogP contribution is 1.95. The molecule has 86 valence electrons. The second kappa shape index (κ2) is 9.94. The van der Waals surface area contributed by atoms with E-state index >= 15 is 0 Å². The van der Waals surface area contributed by atoms with Gasteiger partial charge in [0.15, 0.2) is 0 Å². The fraction of sp³-hybridized carbons (Fsp3) is 0.667. The summed E-state index contributed by atoms with van der Waals surface area (Å²) in [6.45, 7) is 3.98. The van der Waals surface area contributed by atoms with Crippen molar-refractivity contribution in [3.63, 3.8) is 0 Å². The van der Waals surface area contributed by atoms with Crippen molar-refractivity contribution in [3.8, 4) is 0 Å². The number of nitrogens with one attached hydrogen (secondary N) is 2. The molecule has 2 unspecified atom stereocenters. The summed E-state index contributed by atoms with van der Waals surface area (Å²) >= 11 is 17.5. The molecule has 4 nitrogen and oxygen atoms in total. The van der Waals surface area contributed by atoms with Crippen LogP contribution in [0, 0.1) is 0 Å². The van der Waals surface area contributed by atoms with Gasteiger partial charge in [-0.3, -0.25) is 0 Å². The van der Waals surface area contributed by atoms with E-state index in [-0.39, 0.29) is 24.4 Å². The van der Waals surface area contributed by atoms with Gasteiger partial charge in [0.05, 0.1) is 0 Å². The number of thiocarbonyl (C=S) groups is 2. The third kappa shape index (κ3) is 10.5. The largest absolute Gasteiger partial charge is 0.367 e. The van der Waals surface area contributed by atoms with Crippen LogP contribution in [0.25, 0.3) is 0 Å². The maximum atomic E-state index is 4.78. The lowest BCUT2D eigenvalue weighted by Crippen LogP contribution is -2.45. The van der Waals surface area contributed by atoms with Crippen molar-refractivity contribution in [2.75, 3.05) is 0 Å². The second-order valence-electron chi connectivity index (χ2n) is 2.48. The molecule has 0 fully saturated rings. The number of hydrogen-bond acceptors (Lipinski definition) is 4. The molecule has 14 heavy (non-hydrogen) atoms. The van der Waals surface area contributed by atoms with E-state index in [0.29, 0.717) is 8.64 Å². The molecule has 0 heterocycles. The van der Waals surface area contributed by atoms with Gasteiger partial charge in [0.2, 0.25) is 0 Å². The first-order valence-corrected chi connectivity index (χ1v) is 5.13. The lowest BCUT2D eigenvalue weighted by molar-refractivity contribution is 0.522. The Morgan fingerprint density at radius 3 is 1.29 bits per heavy atom. The Labute approximate surface area is 107 Å². The maximum absolute atomic E-state index is 4.78. The summed E-state index contributed by atoms with van der Waals surface area (Å²) in [6, 6.07) is 0.361. The van der Waals surface area contributed by atoms with Crippen LogP contribution in [-0.4, -0.2) is 20.7 Å². The molecule has 0 aliphatic carbocycles. The molecule has 0 aromatic rings. The van der Waals surface area contributed by atoms with Crippen molar-refractivity contribution < 1.29 is 0 Å². The van der Waals surface area contributed by atoms with E-state index in [2.05, 4.69) is 35.9 Å². The second-order valence-corrected chi connectivity index (χ2v) is 4.79. The van der Waals surface area contributed by atoms with Crippen LogP contribution in [0.1, 0.15) is 13.8 Å². The summed E-state index contributed by atoms with van der Waals surface area (Å²) < 4.78 is 0.975. The molecule has 0 radical (unpaired) electrons. The van der Waals surface area contributed by atoms with Crippen LogP contribution in [0.2, 0.25) is 0 Å². The van der Waals surface area contributed by atoms with Crippen molar-refractivity contribution in [2.24, 2.45) is 0 Å². The maximum Gasteiger partial charge on any atom is 0.130 e. The average Bonchev–Trinajstić information content (AvgIpc) is 1.84. The molecule has 8 N–H and O–H groups in total. The van der Waals surface area contributed by atoms with Gasteiger partial charge in [-0.15, -0.1) is 25.3 Å². The molecule has 0 rings (SSSR count). The minimum absolute atomic E-state index is 0. The molecule has 0 spiro atoms. The van der Waals surface area contributed by atoms with Gasteiger partial charge < -0.3 is 22.9 Å². The molecular formula is C6H18N4S4. The Bertz CT molecular complexity index is 167. The zero-order valence-corrected chi connectivity index (χ0v) is 11.7. The van der Waals surface area contributed by atoms with E-state index < -0.39 is 0 Å². The zero-order chi connectivity index (χ0) is 9.72. The van der Waals surface area contributed by atoms with Crippen molar-refractivity contribution in [1.82, 2.24) is 22.9 Å². The van der Waals surface area contributed by atoms with Gasteiger partial charge in [-0.05, 0) is 13.8 Å². The highest BCUT2D eigenvalue weighted by Gasteiger charge is 2.11. The van der Waals surface area contributed by atoms with Crippen molar-refractivity contribution >= 4 is 58.3 Å². The molecule has 0 aliphatic rings. The first-order chi connectivity index (χ1) is 5.43. The molecular weight excluding hydrogens is 256 g/mol. The first-order valence-electron chi connectivity index (χ1n) is 3.42. The summed E-state index contributed by atoms with van der Waals surface area (Å²) in [5.41, 5.74) is 0. The normalized spacial score (nSPS) is 12.6. The molecule has 0 saturated carbocycles. The van der Waals surface area contributed by atoms with E-state index in [1.54, 1.807) is 0 Å². The molecule has 2 atom stereocenters. The molecule has 0 bridgehead atoms. The standard InChI is InChI=1S/C6H12N2S4.2H3N/c1-3(7-5(9)10)4(2)8-6(11)12;;/h3-4H,1-2H3,(H2,7,9,10)(H2,8,11,12);2*1H3. The van der Waals surface area contributed by atoms with E-state index in [1.807, 2.05) is 13.8 Å². The fourth-order valence-electron chi connectivity index (χ4n) is 0.640. The summed E-state index contributed by atoms with van der Waals surface area (Å²) in [5, 5.41) is 5.97. The van der Waals surface area contributed by atoms with Crippen LogP contribution in [0.3, 0.4) is 0 Å². The van der Waals surface area contributed by atoms with Crippen LogP contribution in [0.4, 0.5) is 0 Å². The Balaban J connectivity index is -0.000000605. The Hall–Kier alpha value is 0.400.